The third-order valence-electron chi connectivity index (χ3n) is 4.78. The van der Waals surface area contributed by atoms with Crippen molar-refractivity contribution in [2.75, 3.05) is 5.32 Å². The predicted octanol–water partition coefficient (Wildman–Crippen LogP) is 6.96. The van der Waals surface area contributed by atoms with Gasteiger partial charge in [0.2, 0.25) is 0 Å². The second-order valence-corrected chi connectivity index (χ2v) is 7.54. The number of benzene rings is 2. The fourth-order valence-corrected chi connectivity index (χ4v) is 3.70. The van der Waals surface area contributed by atoms with Gasteiger partial charge in [-0.1, -0.05) is 61.3 Å². The van der Waals surface area contributed by atoms with Crippen molar-refractivity contribution < 1.29 is 18.0 Å². The summed E-state index contributed by atoms with van der Waals surface area (Å²) in [6.07, 6.45) is -3.17. The third-order valence-corrected chi connectivity index (χ3v) is 5.39. The number of hydrogen-bond donors (Lipinski definition) is 1. The number of rotatable bonds is 5. The van der Waals surface area contributed by atoms with Crippen molar-refractivity contribution in [2.24, 2.45) is 0 Å². The number of nitrogens with zero attached hydrogens (tertiary/aromatic N) is 2. The minimum absolute atomic E-state index is 0.000487. The smallest absolute Gasteiger partial charge is 0.320 e. The lowest BCUT2D eigenvalue weighted by atomic mass is 9.97. The predicted molar refractivity (Wildman–Crippen MR) is 112 cm³/mol. The van der Waals surface area contributed by atoms with Crippen molar-refractivity contribution in [3.8, 4) is 5.69 Å². The maximum atomic E-state index is 13.9. The largest absolute Gasteiger partial charge is 0.434 e. The maximum Gasteiger partial charge on any atom is 0.434 e. The van der Waals surface area contributed by atoms with Crippen LogP contribution in [0.2, 0.25) is 10.0 Å². The third kappa shape index (κ3) is 4.32. The van der Waals surface area contributed by atoms with Crippen molar-refractivity contribution in [3.63, 3.8) is 0 Å². The highest BCUT2D eigenvalue weighted by atomic mass is 35.5. The van der Waals surface area contributed by atoms with E-state index < -0.39 is 23.5 Å². The topological polar surface area (TPSA) is 46.9 Å². The summed E-state index contributed by atoms with van der Waals surface area (Å²) in [4.78, 5) is 16.6. The molecule has 1 unspecified atom stereocenters. The lowest BCUT2D eigenvalue weighted by molar-refractivity contribution is -0.142. The van der Waals surface area contributed by atoms with Crippen LogP contribution in [-0.2, 0) is 6.18 Å². The average molecular weight is 456 g/mol. The van der Waals surface area contributed by atoms with Crippen LogP contribution >= 0.6 is 23.2 Å². The Morgan fingerprint density at radius 2 is 1.77 bits per heavy atom. The van der Waals surface area contributed by atoms with Gasteiger partial charge in [-0.25, -0.2) is 4.98 Å². The Kier molecular flexibility index (Phi) is 6.43. The molecular weight excluding hydrogens is 438 g/mol. The number of amides is 1. The van der Waals surface area contributed by atoms with Crippen LogP contribution in [0.15, 0.2) is 48.8 Å². The molecule has 0 saturated heterocycles. The molecule has 0 aliphatic heterocycles. The molecule has 158 valence electrons. The molecule has 0 aliphatic carbocycles. The zero-order valence-corrected chi connectivity index (χ0v) is 17.6. The Morgan fingerprint density at radius 3 is 2.37 bits per heavy atom. The molecule has 0 radical (unpaired) electrons. The van der Waals surface area contributed by atoms with Crippen molar-refractivity contribution in [2.45, 2.75) is 32.4 Å². The van der Waals surface area contributed by atoms with Gasteiger partial charge in [0.05, 0.1) is 15.7 Å². The number of imidazole rings is 1. The normalized spacial score (nSPS) is 12.6. The first-order valence-corrected chi connectivity index (χ1v) is 9.89. The number of halogens is 5. The van der Waals surface area contributed by atoms with Crippen LogP contribution in [0.25, 0.3) is 5.69 Å². The standard InChI is InChI=1S/C21H18Cl2F3N3O/c1-3-12(2)13-7-4-5-10-16(13)28-20(30)17-19(21(24,25)26)29(11-27-17)18-14(22)8-6-9-15(18)23/h4-12H,3H2,1-2H3,(H,28,30). The van der Waals surface area contributed by atoms with Gasteiger partial charge < -0.3 is 5.32 Å². The van der Waals surface area contributed by atoms with E-state index in [9.17, 15) is 18.0 Å². The van der Waals surface area contributed by atoms with Crippen LogP contribution in [0.3, 0.4) is 0 Å². The van der Waals surface area contributed by atoms with Crippen LogP contribution in [0.1, 0.15) is 47.9 Å². The number of hydrogen-bond acceptors (Lipinski definition) is 2. The molecule has 1 atom stereocenters. The Hall–Kier alpha value is -2.51. The zero-order chi connectivity index (χ0) is 22.1. The van der Waals surface area contributed by atoms with Crippen molar-refractivity contribution in [3.05, 3.63) is 75.8 Å². The Balaban J connectivity index is 2.08. The summed E-state index contributed by atoms with van der Waals surface area (Å²) in [5.41, 5.74) is -0.848. The molecule has 3 rings (SSSR count). The average Bonchev–Trinajstić information content (AvgIpc) is 3.13. The lowest BCUT2D eigenvalue weighted by Gasteiger charge is -2.17. The molecule has 1 heterocycles. The molecule has 9 heteroatoms. The molecule has 0 saturated carbocycles. The van der Waals surface area contributed by atoms with Crippen molar-refractivity contribution in [1.29, 1.82) is 0 Å². The molecule has 3 aromatic rings. The molecule has 2 aromatic carbocycles. The van der Waals surface area contributed by atoms with Crippen LogP contribution < -0.4 is 5.32 Å². The molecule has 0 spiro atoms. The van der Waals surface area contributed by atoms with Crippen LogP contribution in [0, 0.1) is 0 Å². The monoisotopic (exact) mass is 455 g/mol. The van der Waals surface area contributed by atoms with Gasteiger partial charge in [-0.05, 0) is 36.1 Å². The number of aromatic nitrogens is 2. The highest BCUT2D eigenvalue weighted by Gasteiger charge is 2.41. The van der Waals surface area contributed by atoms with Gasteiger partial charge in [0.1, 0.15) is 6.33 Å². The number of carbonyl (C=O) groups excluding carboxylic acids is 1. The first-order valence-electron chi connectivity index (χ1n) is 9.14. The van der Waals surface area contributed by atoms with Crippen LogP contribution in [0.5, 0.6) is 0 Å². The summed E-state index contributed by atoms with van der Waals surface area (Å²) in [5.74, 6) is -0.858. The summed E-state index contributed by atoms with van der Waals surface area (Å²) in [6, 6.07) is 11.3. The van der Waals surface area contributed by atoms with E-state index in [0.29, 0.717) is 10.3 Å². The second-order valence-electron chi connectivity index (χ2n) is 6.73. The van der Waals surface area contributed by atoms with E-state index in [1.807, 2.05) is 26.0 Å². The van der Waals surface area contributed by atoms with E-state index >= 15 is 0 Å². The zero-order valence-electron chi connectivity index (χ0n) is 16.1. The van der Waals surface area contributed by atoms with E-state index in [1.54, 1.807) is 12.1 Å². The molecule has 1 N–H and O–H groups in total. The summed E-state index contributed by atoms with van der Waals surface area (Å²) in [5, 5.41) is 2.57. The quantitative estimate of drug-likeness (QED) is 0.451. The summed E-state index contributed by atoms with van der Waals surface area (Å²) in [6.45, 7) is 3.96. The van der Waals surface area contributed by atoms with Gasteiger partial charge in [-0.3, -0.25) is 9.36 Å². The first kappa shape index (κ1) is 22.2. The molecule has 0 fully saturated rings. The number of alkyl halides is 3. The van der Waals surface area contributed by atoms with Gasteiger partial charge in [-0.2, -0.15) is 13.2 Å². The molecule has 4 nitrogen and oxygen atoms in total. The molecule has 30 heavy (non-hydrogen) atoms. The Morgan fingerprint density at radius 1 is 1.13 bits per heavy atom. The number of nitrogens with one attached hydrogen (secondary N) is 1. The molecule has 0 bridgehead atoms. The van der Waals surface area contributed by atoms with E-state index in [1.165, 1.54) is 18.2 Å². The van der Waals surface area contributed by atoms with Gasteiger partial charge in [-0.15, -0.1) is 0 Å². The first-order chi connectivity index (χ1) is 14.1. The molecular formula is C21H18Cl2F3N3O. The highest BCUT2D eigenvalue weighted by molar-refractivity contribution is 6.37. The number of para-hydroxylation sites is 2. The van der Waals surface area contributed by atoms with Crippen LogP contribution in [0.4, 0.5) is 18.9 Å². The SMILES string of the molecule is CCC(C)c1ccccc1NC(=O)c1ncn(-c2c(Cl)cccc2Cl)c1C(F)(F)F. The molecule has 1 aromatic heterocycles. The van der Waals surface area contributed by atoms with Crippen molar-refractivity contribution in [1.82, 2.24) is 9.55 Å². The van der Waals surface area contributed by atoms with Crippen LogP contribution in [-0.4, -0.2) is 15.5 Å². The second kappa shape index (κ2) is 8.70. The number of anilines is 1. The van der Waals surface area contributed by atoms with E-state index in [0.717, 1.165) is 18.3 Å². The maximum absolute atomic E-state index is 13.9. The lowest BCUT2D eigenvalue weighted by Crippen LogP contribution is -2.21. The number of carbonyl (C=O) groups is 1. The van der Waals surface area contributed by atoms with E-state index in [2.05, 4.69) is 10.3 Å². The summed E-state index contributed by atoms with van der Waals surface area (Å²) >= 11 is 12.2. The van der Waals surface area contributed by atoms with Gasteiger partial charge in [0.15, 0.2) is 11.4 Å². The highest BCUT2D eigenvalue weighted by Crippen LogP contribution is 2.38. The van der Waals surface area contributed by atoms with E-state index in [-0.39, 0.29) is 21.7 Å². The summed E-state index contributed by atoms with van der Waals surface area (Å²) in [7, 11) is 0. The minimum Gasteiger partial charge on any atom is -0.320 e. The van der Waals surface area contributed by atoms with Crippen molar-refractivity contribution >= 4 is 34.8 Å². The fourth-order valence-electron chi connectivity index (χ4n) is 3.12. The van der Waals surface area contributed by atoms with Gasteiger partial charge in [0, 0.05) is 5.69 Å². The molecule has 1 amide bonds. The summed E-state index contributed by atoms with van der Waals surface area (Å²) < 4.78 is 42.5. The molecule has 0 aliphatic rings. The van der Waals surface area contributed by atoms with Gasteiger partial charge in [0.25, 0.3) is 5.91 Å². The fraction of sp³-hybridized carbons (Fsp3) is 0.238. The Labute approximate surface area is 181 Å². The van der Waals surface area contributed by atoms with E-state index in [4.69, 9.17) is 23.2 Å². The Bertz CT molecular complexity index is 1060. The minimum atomic E-state index is -4.87. The van der Waals surface area contributed by atoms with Gasteiger partial charge >= 0.3 is 6.18 Å².